The topological polar surface area (TPSA) is 61.8 Å². The van der Waals surface area contributed by atoms with Gasteiger partial charge in [0, 0.05) is 18.5 Å². The van der Waals surface area contributed by atoms with Gasteiger partial charge in [-0.25, -0.2) is 9.18 Å². The number of hydrogen-bond acceptors (Lipinski definition) is 4. The van der Waals surface area contributed by atoms with Crippen molar-refractivity contribution in [2.45, 2.75) is 45.2 Å². The first kappa shape index (κ1) is 13.5. The molecule has 104 valence electrons. The average molecular weight is 260 g/mol. The SMILES string of the molecule is CC(C)(C)OC(=O)N1CC2(CCNC(O)C2F)C1. The Morgan fingerprint density at radius 2 is 2.11 bits per heavy atom. The molecule has 2 atom stereocenters. The number of hydrogen-bond donors (Lipinski definition) is 2. The fourth-order valence-corrected chi connectivity index (χ4v) is 2.55. The highest BCUT2D eigenvalue weighted by molar-refractivity contribution is 5.69. The predicted molar refractivity (Wildman–Crippen MR) is 63.8 cm³/mol. The highest BCUT2D eigenvalue weighted by atomic mass is 19.1. The van der Waals surface area contributed by atoms with Gasteiger partial charge in [0.1, 0.15) is 18.0 Å². The molecule has 2 heterocycles. The largest absolute Gasteiger partial charge is 0.444 e. The van der Waals surface area contributed by atoms with Gasteiger partial charge >= 0.3 is 6.09 Å². The number of aliphatic hydroxyl groups excluding tert-OH is 1. The van der Waals surface area contributed by atoms with Crippen LogP contribution in [0.15, 0.2) is 0 Å². The van der Waals surface area contributed by atoms with Crippen LogP contribution in [-0.4, -0.2) is 53.7 Å². The molecule has 2 aliphatic rings. The van der Waals surface area contributed by atoms with E-state index in [1.165, 1.54) is 4.90 Å². The predicted octanol–water partition coefficient (Wildman–Crippen LogP) is 0.873. The molecule has 0 aromatic carbocycles. The van der Waals surface area contributed by atoms with Crippen molar-refractivity contribution in [1.82, 2.24) is 10.2 Å². The second-order valence-corrected chi connectivity index (χ2v) is 6.25. The van der Waals surface area contributed by atoms with Gasteiger partial charge in [-0.2, -0.15) is 0 Å². The molecule has 1 spiro atoms. The maximum atomic E-state index is 14.0. The number of carbonyl (C=O) groups excluding carboxylic acids is 1. The quantitative estimate of drug-likeness (QED) is 0.678. The van der Waals surface area contributed by atoms with Gasteiger partial charge in [-0.3, -0.25) is 5.32 Å². The Morgan fingerprint density at radius 3 is 2.67 bits per heavy atom. The van der Waals surface area contributed by atoms with Gasteiger partial charge in [0.15, 0.2) is 0 Å². The van der Waals surface area contributed by atoms with Crippen LogP contribution in [0.4, 0.5) is 9.18 Å². The van der Waals surface area contributed by atoms with Crippen molar-refractivity contribution in [3.63, 3.8) is 0 Å². The lowest BCUT2D eigenvalue weighted by atomic mass is 9.70. The maximum Gasteiger partial charge on any atom is 0.410 e. The molecular formula is C12H21FN2O3. The number of alkyl halides is 1. The van der Waals surface area contributed by atoms with E-state index in [4.69, 9.17) is 4.74 Å². The van der Waals surface area contributed by atoms with E-state index in [9.17, 15) is 14.3 Å². The Balaban J connectivity index is 1.91. The minimum atomic E-state index is -1.33. The van der Waals surface area contributed by atoms with Gasteiger partial charge in [-0.15, -0.1) is 0 Å². The first-order valence-electron chi connectivity index (χ1n) is 6.27. The zero-order valence-corrected chi connectivity index (χ0v) is 11.1. The van der Waals surface area contributed by atoms with Gasteiger partial charge in [-0.1, -0.05) is 0 Å². The number of nitrogens with one attached hydrogen (secondary N) is 1. The first-order valence-corrected chi connectivity index (χ1v) is 6.27. The Labute approximate surface area is 106 Å². The lowest BCUT2D eigenvalue weighted by molar-refractivity contribution is -0.130. The Kier molecular flexibility index (Phi) is 3.27. The lowest BCUT2D eigenvalue weighted by Gasteiger charge is -2.54. The third kappa shape index (κ3) is 2.44. The summed E-state index contributed by atoms with van der Waals surface area (Å²) in [5, 5.41) is 12.2. The fourth-order valence-electron chi connectivity index (χ4n) is 2.55. The molecule has 0 aromatic heterocycles. The molecule has 0 aliphatic carbocycles. The lowest BCUT2D eigenvalue weighted by Crippen LogP contribution is -2.69. The summed E-state index contributed by atoms with van der Waals surface area (Å²) in [7, 11) is 0. The number of halogens is 1. The molecule has 0 bridgehead atoms. The smallest absolute Gasteiger partial charge is 0.410 e. The van der Waals surface area contributed by atoms with Crippen LogP contribution >= 0.6 is 0 Å². The summed E-state index contributed by atoms with van der Waals surface area (Å²) in [5.74, 6) is 0. The number of ether oxygens (including phenoxy) is 1. The Morgan fingerprint density at radius 1 is 1.50 bits per heavy atom. The molecule has 0 saturated carbocycles. The van der Waals surface area contributed by atoms with E-state index < -0.39 is 29.5 Å². The summed E-state index contributed by atoms with van der Waals surface area (Å²) < 4.78 is 19.2. The highest BCUT2D eigenvalue weighted by Crippen LogP contribution is 2.42. The van der Waals surface area contributed by atoms with E-state index in [0.29, 0.717) is 26.1 Å². The van der Waals surface area contributed by atoms with Gasteiger partial charge in [0.25, 0.3) is 0 Å². The summed E-state index contributed by atoms with van der Waals surface area (Å²) in [6.45, 7) is 6.61. The maximum absolute atomic E-state index is 14.0. The van der Waals surface area contributed by atoms with Crippen LogP contribution in [0.2, 0.25) is 0 Å². The zero-order valence-electron chi connectivity index (χ0n) is 11.1. The number of piperidine rings is 1. The van der Waals surface area contributed by atoms with Crippen molar-refractivity contribution in [1.29, 1.82) is 0 Å². The number of amides is 1. The standard InChI is InChI=1S/C12H21FN2O3/c1-11(2,3)18-10(17)15-6-12(7-15)4-5-14-9(16)8(12)13/h8-9,14,16H,4-7H2,1-3H3. The van der Waals surface area contributed by atoms with Gasteiger partial charge in [-0.05, 0) is 33.7 Å². The van der Waals surface area contributed by atoms with Gasteiger partial charge < -0.3 is 14.7 Å². The molecule has 0 radical (unpaired) electrons. The van der Waals surface area contributed by atoms with Crippen LogP contribution in [0.5, 0.6) is 0 Å². The van der Waals surface area contributed by atoms with Crippen molar-refractivity contribution in [2.75, 3.05) is 19.6 Å². The molecule has 6 heteroatoms. The van der Waals surface area contributed by atoms with E-state index in [1.54, 1.807) is 20.8 Å². The minimum Gasteiger partial charge on any atom is -0.444 e. The first-order chi connectivity index (χ1) is 8.23. The van der Waals surface area contributed by atoms with Crippen LogP contribution in [0, 0.1) is 5.41 Å². The van der Waals surface area contributed by atoms with Crippen LogP contribution in [0.1, 0.15) is 27.2 Å². The molecular weight excluding hydrogens is 239 g/mol. The number of aliphatic hydroxyl groups is 1. The molecule has 2 aliphatic heterocycles. The van der Waals surface area contributed by atoms with E-state index in [2.05, 4.69) is 5.32 Å². The minimum absolute atomic E-state index is 0.321. The number of likely N-dealkylation sites (tertiary alicyclic amines) is 1. The van der Waals surface area contributed by atoms with E-state index in [0.717, 1.165) is 0 Å². The molecule has 2 rings (SSSR count). The van der Waals surface area contributed by atoms with E-state index in [-0.39, 0.29) is 0 Å². The monoisotopic (exact) mass is 260 g/mol. The van der Waals surface area contributed by atoms with Crippen molar-refractivity contribution < 1.29 is 19.0 Å². The summed E-state index contributed by atoms with van der Waals surface area (Å²) >= 11 is 0. The third-order valence-corrected chi connectivity index (χ3v) is 3.50. The van der Waals surface area contributed by atoms with Gasteiger partial charge in [0.05, 0.1) is 0 Å². The van der Waals surface area contributed by atoms with Crippen molar-refractivity contribution in [3.8, 4) is 0 Å². The number of rotatable bonds is 0. The van der Waals surface area contributed by atoms with Crippen LogP contribution in [-0.2, 0) is 4.74 Å². The summed E-state index contributed by atoms with van der Waals surface area (Å²) in [6.07, 6.45) is -2.23. The Bertz CT molecular complexity index is 337. The highest BCUT2D eigenvalue weighted by Gasteiger charge is 2.55. The van der Waals surface area contributed by atoms with Crippen LogP contribution in [0.25, 0.3) is 0 Å². The molecule has 0 aromatic rings. The Hall–Kier alpha value is -0.880. The third-order valence-electron chi connectivity index (χ3n) is 3.50. The second-order valence-electron chi connectivity index (χ2n) is 6.25. The summed E-state index contributed by atoms with van der Waals surface area (Å²) in [4.78, 5) is 13.3. The molecule has 2 saturated heterocycles. The van der Waals surface area contributed by atoms with Crippen molar-refractivity contribution in [3.05, 3.63) is 0 Å². The second kappa shape index (κ2) is 4.35. The number of carbonyl (C=O) groups is 1. The van der Waals surface area contributed by atoms with Crippen molar-refractivity contribution >= 4 is 6.09 Å². The average Bonchev–Trinajstić information content (AvgIpc) is 2.16. The molecule has 2 unspecified atom stereocenters. The normalized spacial score (nSPS) is 31.1. The molecule has 18 heavy (non-hydrogen) atoms. The van der Waals surface area contributed by atoms with E-state index in [1.807, 2.05) is 0 Å². The number of nitrogens with zero attached hydrogens (tertiary/aromatic N) is 1. The van der Waals surface area contributed by atoms with Gasteiger partial charge in [0.2, 0.25) is 0 Å². The van der Waals surface area contributed by atoms with Crippen molar-refractivity contribution in [2.24, 2.45) is 5.41 Å². The van der Waals surface area contributed by atoms with Crippen LogP contribution < -0.4 is 5.32 Å². The van der Waals surface area contributed by atoms with Crippen LogP contribution in [0.3, 0.4) is 0 Å². The fraction of sp³-hybridized carbons (Fsp3) is 0.917. The molecule has 5 nitrogen and oxygen atoms in total. The zero-order chi connectivity index (χ0) is 13.6. The van der Waals surface area contributed by atoms with E-state index >= 15 is 0 Å². The molecule has 1 amide bonds. The summed E-state index contributed by atoms with van der Waals surface area (Å²) in [6, 6.07) is 0. The summed E-state index contributed by atoms with van der Waals surface area (Å²) in [5.41, 5.74) is -1.13. The molecule has 2 fully saturated rings. The molecule has 2 N–H and O–H groups in total.